The normalized spacial score (nSPS) is 22.9. The molecule has 2 fully saturated rings. The lowest BCUT2D eigenvalue weighted by Crippen LogP contribution is -2.26. The van der Waals surface area contributed by atoms with Gasteiger partial charge in [-0.25, -0.2) is 4.98 Å². The van der Waals surface area contributed by atoms with E-state index in [2.05, 4.69) is 10.3 Å². The zero-order valence-electron chi connectivity index (χ0n) is 15.7. The molecule has 0 radical (unpaired) electrons. The number of aliphatic imine (C=N–C) groups is 1. The molecule has 0 unspecified atom stereocenters. The van der Waals surface area contributed by atoms with Gasteiger partial charge in [-0.1, -0.05) is 6.07 Å². The molecule has 144 valence electrons. The summed E-state index contributed by atoms with van der Waals surface area (Å²) in [5, 5.41) is 3.32. The van der Waals surface area contributed by atoms with Gasteiger partial charge in [0, 0.05) is 32.2 Å². The molecule has 0 saturated carbocycles. The molecule has 0 bridgehead atoms. The van der Waals surface area contributed by atoms with Gasteiger partial charge in [-0.15, -0.1) is 0 Å². The number of anilines is 1. The van der Waals surface area contributed by atoms with E-state index in [1.807, 2.05) is 19.1 Å². The van der Waals surface area contributed by atoms with Crippen LogP contribution in [0.15, 0.2) is 28.1 Å². The molecule has 2 aliphatic heterocycles. The maximum Gasteiger partial charge on any atom is 0.268 e. The van der Waals surface area contributed by atoms with Crippen molar-refractivity contribution in [3.8, 4) is 0 Å². The summed E-state index contributed by atoms with van der Waals surface area (Å²) in [4.78, 5) is 22.3. The van der Waals surface area contributed by atoms with Crippen molar-refractivity contribution in [2.75, 3.05) is 31.6 Å². The standard InChI is InChI=1S/C20H26N4O3/c1-14-5-2-8-24-19(14)23-18(22-12-16-7-4-10-27-16)17(20(24)25)13-21-11-15-6-3-9-26-15/h2,5,8,13,15-16,22H,3-4,6-7,9-12H2,1H3/t15-,16+/m0/s1. The van der Waals surface area contributed by atoms with E-state index in [4.69, 9.17) is 14.5 Å². The number of ether oxygens (including phenoxy) is 2. The Morgan fingerprint density at radius 1 is 1.30 bits per heavy atom. The quantitative estimate of drug-likeness (QED) is 0.789. The lowest BCUT2D eigenvalue weighted by atomic mass is 10.2. The van der Waals surface area contributed by atoms with Crippen LogP contribution in [0.4, 0.5) is 5.82 Å². The van der Waals surface area contributed by atoms with Crippen LogP contribution >= 0.6 is 0 Å². The Morgan fingerprint density at radius 2 is 2.07 bits per heavy atom. The van der Waals surface area contributed by atoms with Crippen molar-refractivity contribution in [2.45, 2.75) is 44.8 Å². The van der Waals surface area contributed by atoms with Gasteiger partial charge in [0.05, 0.1) is 18.8 Å². The number of fused-ring (bicyclic) bond motifs is 1. The third kappa shape index (κ3) is 4.04. The van der Waals surface area contributed by atoms with E-state index in [1.54, 1.807) is 16.8 Å². The highest BCUT2D eigenvalue weighted by Crippen LogP contribution is 2.16. The molecule has 1 N–H and O–H groups in total. The van der Waals surface area contributed by atoms with Gasteiger partial charge in [-0.3, -0.25) is 14.2 Å². The number of hydrogen-bond acceptors (Lipinski definition) is 6. The minimum absolute atomic E-state index is 0.116. The Morgan fingerprint density at radius 3 is 2.81 bits per heavy atom. The van der Waals surface area contributed by atoms with Crippen LogP contribution < -0.4 is 10.9 Å². The maximum absolute atomic E-state index is 13.1. The third-order valence-electron chi connectivity index (χ3n) is 5.16. The Kier molecular flexibility index (Phi) is 5.50. The van der Waals surface area contributed by atoms with E-state index in [1.165, 1.54) is 0 Å². The van der Waals surface area contributed by atoms with Crippen LogP contribution in [0.25, 0.3) is 5.65 Å². The van der Waals surface area contributed by atoms with E-state index in [0.29, 0.717) is 30.1 Å². The van der Waals surface area contributed by atoms with Crippen LogP contribution in [0, 0.1) is 6.92 Å². The van der Waals surface area contributed by atoms with Crippen LogP contribution in [-0.4, -0.2) is 54.1 Å². The van der Waals surface area contributed by atoms with Gasteiger partial charge in [0.25, 0.3) is 5.56 Å². The first-order valence-corrected chi connectivity index (χ1v) is 9.71. The molecule has 7 nitrogen and oxygen atoms in total. The molecular formula is C20H26N4O3. The smallest absolute Gasteiger partial charge is 0.268 e. The zero-order valence-corrected chi connectivity index (χ0v) is 15.7. The predicted octanol–water partition coefficient (Wildman–Crippen LogP) is 2.19. The van der Waals surface area contributed by atoms with E-state index in [-0.39, 0.29) is 17.8 Å². The van der Waals surface area contributed by atoms with E-state index >= 15 is 0 Å². The van der Waals surface area contributed by atoms with Gasteiger partial charge in [-0.05, 0) is 44.2 Å². The fourth-order valence-electron chi connectivity index (χ4n) is 3.63. The summed E-state index contributed by atoms with van der Waals surface area (Å²) in [6, 6.07) is 3.81. The highest BCUT2D eigenvalue weighted by Gasteiger charge is 2.18. The van der Waals surface area contributed by atoms with E-state index in [9.17, 15) is 4.79 Å². The SMILES string of the molecule is Cc1cccn2c(=O)c(C=NC[C@@H]3CCCO3)c(NC[C@H]3CCCO3)nc12. The number of nitrogens with one attached hydrogen (secondary N) is 1. The monoisotopic (exact) mass is 370 g/mol. The van der Waals surface area contributed by atoms with Gasteiger partial charge in [0.15, 0.2) is 0 Å². The Balaban J connectivity index is 1.64. The van der Waals surface area contributed by atoms with Gasteiger partial charge in [0.2, 0.25) is 0 Å². The van der Waals surface area contributed by atoms with Crippen LogP contribution in [-0.2, 0) is 9.47 Å². The topological polar surface area (TPSA) is 77.2 Å². The lowest BCUT2D eigenvalue weighted by Gasteiger charge is -2.14. The summed E-state index contributed by atoms with van der Waals surface area (Å²) in [6.07, 6.45) is 7.92. The minimum atomic E-state index is -0.116. The highest BCUT2D eigenvalue weighted by molar-refractivity contribution is 5.86. The van der Waals surface area contributed by atoms with Gasteiger partial charge in [-0.2, -0.15) is 0 Å². The summed E-state index contributed by atoms with van der Waals surface area (Å²) >= 11 is 0. The Hall–Kier alpha value is -2.25. The summed E-state index contributed by atoms with van der Waals surface area (Å²) in [5.74, 6) is 0.570. The van der Waals surface area contributed by atoms with Crippen molar-refractivity contribution in [3.05, 3.63) is 39.8 Å². The molecule has 2 aliphatic rings. The van der Waals surface area contributed by atoms with E-state index in [0.717, 1.165) is 44.5 Å². The number of nitrogens with zero attached hydrogens (tertiary/aromatic N) is 3. The molecule has 0 aliphatic carbocycles. The summed E-state index contributed by atoms with van der Waals surface area (Å²) < 4.78 is 12.9. The largest absolute Gasteiger partial charge is 0.376 e. The molecule has 0 spiro atoms. The van der Waals surface area contributed by atoms with Gasteiger partial charge >= 0.3 is 0 Å². The fourth-order valence-corrected chi connectivity index (χ4v) is 3.63. The first-order chi connectivity index (χ1) is 13.2. The minimum Gasteiger partial charge on any atom is -0.376 e. The zero-order chi connectivity index (χ0) is 18.6. The van der Waals surface area contributed by atoms with Crippen LogP contribution in [0.2, 0.25) is 0 Å². The van der Waals surface area contributed by atoms with Crippen LogP contribution in [0.1, 0.15) is 36.8 Å². The molecule has 2 atom stereocenters. The molecule has 27 heavy (non-hydrogen) atoms. The third-order valence-corrected chi connectivity index (χ3v) is 5.16. The average Bonchev–Trinajstić information content (AvgIpc) is 3.37. The first kappa shape index (κ1) is 18.1. The maximum atomic E-state index is 13.1. The second kappa shape index (κ2) is 8.19. The summed E-state index contributed by atoms with van der Waals surface area (Å²) in [5.41, 5.74) is 1.98. The molecule has 4 rings (SSSR count). The second-order valence-corrected chi connectivity index (χ2v) is 7.21. The molecule has 2 aromatic heterocycles. The van der Waals surface area contributed by atoms with Crippen molar-refractivity contribution < 1.29 is 9.47 Å². The first-order valence-electron chi connectivity index (χ1n) is 9.71. The van der Waals surface area contributed by atoms with Gasteiger partial charge < -0.3 is 14.8 Å². The Bertz CT molecular complexity index is 881. The van der Waals surface area contributed by atoms with E-state index < -0.39 is 0 Å². The van der Waals surface area contributed by atoms with Crippen molar-refractivity contribution in [3.63, 3.8) is 0 Å². The molecule has 4 heterocycles. The summed E-state index contributed by atoms with van der Waals surface area (Å²) in [7, 11) is 0. The predicted molar refractivity (Wildman–Crippen MR) is 105 cm³/mol. The Labute approximate surface area is 158 Å². The molecule has 7 heteroatoms. The van der Waals surface area contributed by atoms with Gasteiger partial charge in [0.1, 0.15) is 17.0 Å². The van der Waals surface area contributed by atoms with Crippen molar-refractivity contribution in [2.24, 2.45) is 4.99 Å². The molecule has 2 aromatic rings. The number of hydrogen-bond donors (Lipinski definition) is 1. The molecule has 0 amide bonds. The number of aryl methyl sites for hydroxylation is 1. The van der Waals surface area contributed by atoms with Crippen LogP contribution in [0.5, 0.6) is 0 Å². The van der Waals surface area contributed by atoms with Crippen molar-refractivity contribution >= 4 is 17.7 Å². The van der Waals surface area contributed by atoms with Crippen molar-refractivity contribution in [1.82, 2.24) is 9.38 Å². The van der Waals surface area contributed by atoms with Crippen molar-refractivity contribution in [1.29, 1.82) is 0 Å². The van der Waals surface area contributed by atoms with Crippen LogP contribution in [0.3, 0.4) is 0 Å². The average molecular weight is 370 g/mol. The number of rotatable bonds is 6. The summed E-state index contributed by atoms with van der Waals surface area (Å²) in [6.45, 7) is 4.77. The molecular weight excluding hydrogens is 344 g/mol. The lowest BCUT2D eigenvalue weighted by molar-refractivity contribution is 0.118. The number of pyridine rings is 1. The number of aromatic nitrogens is 2. The highest BCUT2D eigenvalue weighted by atomic mass is 16.5. The molecule has 0 aromatic carbocycles. The fraction of sp³-hybridized carbons (Fsp3) is 0.550. The second-order valence-electron chi connectivity index (χ2n) is 7.21. The molecule has 2 saturated heterocycles.